The van der Waals surface area contributed by atoms with E-state index in [2.05, 4.69) is 6.92 Å². The molecule has 15 heavy (non-hydrogen) atoms. The minimum Gasteiger partial charge on any atom is -0.294 e. The van der Waals surface area contributed by atoms with Crippen LogP contribution in [0.3, 0.4) is 0 Å². The summed E-state index contributed by atoms with van der Waals surface area (Å²) in [6.45, 7) is 7.99. The van der Waals surface area contributed by atoms with E-state index in [-0.39, 0.29) is 5.78 Å². The minimum absolute atomic E-state index is 0.233. The highest BCUT2D eigenvalue weighted by atomic mass is 32.2. The summed E-state index contributed by atoms with van der Waals surface area (Å²) in [7, 11) is 0. The van der Waals surface area contributed by atoms with Crippen LogP contribution in [0.1, 0.15) is 44.5 Å². The lowest BCUT2D eigenvalue weighted by Crippen LogP contribution is -1.98. The van der Waals surface area contributed by atoms with E-state index in [0.717, 1.165) is 16.2 Å². The zero-order valence-corrected chi connectivity index (χ0v) is 10.9. The van der Waals surface area contributed by atoms with E-state index < -0.39 is 0 Å². The molecule has 0 aromatic heterocycles. The van der Waals surface area contributed by atoms with Crippen molar-refractivity contribution in [3.8, 4) is 0 Å². The fourth-order valence-corrected chi connectivity index (χ4v) is 1.99. The second-order valence-corrected chi connectivity index (χ2v) is 4.01. The molecular weight excluding hydrogens is 204 g/mol. The first-order valence-corrected chi connectivity index (χ1v) is 6.53. The molecule has 0 radical (unpaired) electrons. The highest BCUT2D eigenvalue weighted by molar-refractivity contribution is 7.99. The van der Waals surface area contributed by atoms with Crippen LogP contribution in [0.5, 0.6) is 0 Å². The first-order chi connectivity index (χ1) is 7.29. The molecule has 84 valence electrons. The third-order valence-corrected chi connectivity index (χ3v) is 2.76. The molecule has 1 rings (SSSR count). The smallest absolute Gasteiger partial charge is 0.163 e. The van der Waals surface area contributed by atoms with Gasteiger partial charge in [0, 0.05) is 16.9 Å². The van der Waals surface area contributed by atoms with Crippen LogP contribution < -0.4 is 0 Å². The van der Waals surface area contributed by atoms with Crippen LogP contribution in [0.2, 0.25) is 0 Å². The van der Waals surface area contributed by atoms with E-state index in [1.165, 1.54) is 0 Å². The van der Waals surface area contributed by atoms with Crippen molar-refractivity contribution in [3.63, 3.8) is 0 Å². The summed E-state index contributed by atoms with van der Waals surface area (Å²) in [6.07, 6.45) is 0.585. The molecule has 2 heteroatoms. The zero-order chi connectivity index (χ0) is 11.7. The first kappa shape index (κ1) is 14.2. The van der Waals surface area contributed by atoms with E-state index in [0.29, 0.717) is 6.42 Å². The van der Waals surface area contributed by atoms with Crippen molar-refractivity contribution < 1.29 is 4.79 Å². The van der Waals surface area contributed by atoms with Crippen molar-refractivity contribution in [2.75, 3.05) is 5.75 Å². The number of carbonyl (C=O) groups excluding carboxylic acids is 1. The number of ketones is 1. The molecule has 0 aliphatic rings. The lowest BCUT2D eigenvalue weighted by Gasteiger charge is -2.04. The van der Waals surface area contributed by atoms with E-state index in [1.54, 1.807) is 11.8 Å². The van der Waals surface area contributed by atoms with Gasteiger partial charge in [-0.1, -0.05) is 45.9 Å². The fourth-order valence-electron chi connectivity index (χ4n) is 1.17. The Balaban J connectivity index is 0.000000921. The van der Waals surface area contributed by atoms with Gasteiger partial charge in [0.05, 0.1) is 0 Å². The average molecular weight is 224 g/mol. The van der Waals surface area contributed by atoms with Gasteiger partial charge in [0.1, 0.15) is 0 Å². The quantitative estimate of drug-likeness (QED) is 0.556. The SMILES string of the molecule is CC.CCSc1ccccc1C(=O)CC. The van der Waals surface area contributed by atoms with Crippen molar-refractivity contribution in [3.05, 3.63) is 29.8 Å². The molecule has 1 aromatic rings. The Kier molecular flexibility index (Phi) is 8.11. The van der Waals surface area contributed by atoms with Crippen molar-refractivity contribution >= 4 is 17.5 Å². The number of carbonyl (C=O) groups is 1. The molecule has 0 spiro atoms. The van der Waals surface area contributed by atoms with E-state index in [1.807, 2.05) is 45.0 Å². The molecule has 0 saturated carbocycles. The molecule has 0 aliphatic heterocycles. The van der Waals surface area contributed by atoms with Gasteiger partial charge in [-0.05, 0) is 11.8 Å². The predicted molar refractivity (Wildman–Crippen MR) is 68.8 cm³/mol. The van der Waals surface area contributed by atoms with Crippen LogP contribution in [-0.2, 0) is 0 Å². The van der Waals surface area contributed by atoms with Crippen molar-refractivity contribution in [2.45, 2.75) is 39.0 Å². The molecule has 0 N–H and O–H groups in total. The van der Waals surface area contributed by atoms with Gasteiger partial charge in [-0.3, -0.25) is 4.79 Å². The van der Waals surface area contributed by atoms with Gasteiger partial charge in [-0.25, -0.2) is 0 Å². The van der Waals surface area contributed by atoms with Crippen LogP contribution in [0.15, 0.2) is 29.2 Å². The fraction of sp³-hybridized carbons (Fsp3) is 0.462. The molecule has 0 atom stereocenters. The summed E-state index contributed by atoms with van der Waals surface area (Å²) in [6, 6.07) is 7.81. The maximum Gasteiger partial charge on any atom is 0.163 e. The average Bonchev–Trinajstić information content (AvgIpc) is 2.32. The molecule has 1 aromatic carbocycles. The topological polar surface area (TPSA) is 17.1 Å². The molecule has 0 saturated heterocycles. The third kappa shape index (κ3) is 4.52. The Morgan fingerprint density at radius 3 is 2.33 bits per heavy atom. The Hall–Kier alpha value is -0.760. The summed E-state index contributed by atoms with van der Waals surface area (Å²) in [5, 5.41) is 0. The van der Waals surface area contributed by atoms with E-state index >= 15 is 0 Å². The maximum absolute atomic E-state index is 11.5. The summed E-state index contributed by atoms with van der Waals surface area (Å²) in [4.78, 5) is 12.6. The van der Waals surface area contributed by atoms with Crippen LogP contribution >= 0.6 is 11.8 Å². The highest BCUT2D eigenvalue weighted by Crippen LogP contribution is 2.23. The number of Topliss-reactive ketones (excluding diaryl/α,β-unsaturated/α-hetero) is 1. The monoisotopic (exact) mass is 224 g/mol. The van der Waals surface area contributed by atoms with Gasteiger partial charge in [0.2, 0.25) is 0 Å². The Labute approximate surface area is 97.3 Å². The number of hydrogen-bond donors (Lipinski definition) is 0. The summed E-state index contributed by atoms with van der Waals surface area (Å²) in [5.74, 6) is 1.24. The molecule has 0 aliphatic carbocycles. The summed E-state index contributed by atoms with van der Waals surface area (Å²) >= 11 is 1.72. The van der Waals surface area contributed by atoms with Gasteiger partial charge in [0.25, 0.3) is 0 Å². The lowest BCUT2D eigenvalue weighted by atomic mass is 10.1. The minimum atomic E-state index is 0.233. The van der Waals surface area contributed by atoms with Gasteiger partial charge < -0.3 is 0 Å². The second-order valence-electron chi connectivity index (χ2n) is 2.71. The highest BCUT2D eigenvalue weighted by Gasteiger charge is 2.07. The number of hydrogen-bond acceptors (Lipinski definition) is 2. The molecule has 0 unspecified atom stereocenters. The Bertz CT molecular complexity index is 294. The molecule has 0 fully saturated rings. The maximum atomic E-state index is 11.5. The normalized spacial score (nSPS) is 9.07. The van der Waals surface area contributed by atoms with Crippen LogP contribution in [0.4, 0.5) is 0 Å². The number of thioether (sulfide) groups is 1. The molecule has 0 heterocycles. The number of rotatable bonds is 4. The van der Waals surface area contributed by atoms with Crippen molar-refractivity contribution in [1.82, 2.24) is 0 Å². The zero-order valence-electron chi connectivity index (χ0n) is 10.0. The van der Waals surface area contributed by atoms with Gasteiger partial charge in [0.15, 0.2) is 5.78 Å². The lowest BCUT2D eigenvalue weighted by molar-refractivity contribution is 0.0985. The van der Waals surface area contributed by atoms with E-state index in [9.17, 15) is 4.79 Å². The number of benzene rings is 1. The molecule has 0 amide bonds. The van der Waals surface area contributed by atoms with E-state index in [4.69, 9.17) is 0 Å². The van der Waals surface area contributed by atoms with Crippen molar-refractivity contribution in [2.24, 2.45) is 0 Å². The molecule has 0 bridgehead atoms. The molecular formula is C13H20OS. The summed E-state index contributed by atoms with van der Waals surface area (Å²) in [5.41, 5.74) is 0.872. The Morgan fingerprint density at radius 2 is 1.80 bits per heavy atom. The van der Waals surface area contributed by atoms with Crippen LogP contribution in [-0.4, -0.2) is 11.5 Å². The first-order valence-electron chi connectivity index (χ1n) is 5.54. The predicted octanol–water partition coefficient (Wildman–Crippen LogP) is 4.42. The summed E-state index contributed by atoms with van der Waals surface area (Å²) < 4.78 is 0. The van der Waals surface area contributed by atoms with Crippen LogP contribution in [0.25, 0.3) is 0 Å². The third-order valence-electron chi connectivity index (χ3n) is 1.81. The van der Waals surface area contributed by atoms with Gasteiger partial charge in [-0.15, -0.1) is 11.8 Å². The van der Waals surface area contributed by atoms with Crippen LogP contribution in [0, 0.1) is 0 Å². The second kappa shape index (κ2) is 8.54. The molecule has 1 nitrogen and oxygen atoms in total. The Morgan fingerprint density at radius 1 is 1.20 bits per heavy atom. The standard InChI is InChI=1S/C11H14OS.C2H6/c1-3-10(12)9-7-5-6-8-11(9)13-4-2;1-2/h5-8H,3-4H2,1-2H3;1-2H3. The van der Waals surface area contributed by atoms with Crippen molar-refractivity contribution in [1.29, 1.82) is 0 Å². The van der Waals surface area contributed by atoms with Gasteiger partial charge >= 0.3 is 0 Å². The van der Waals surface area contributed by atoms with Gasteiger partial charge in [-0.2, -0.15) is 0 Å². The largest absolute Gasteiger partial charge is 0.294 e.